The zero-order chi connectivity index (χ0) is 23.1. The molecule has 0 radical (unpaired) electrons. The number of ketones is 1. The Bertz CT molecular complexity index is 1040. The summed E-state index contributed by atoms with van der Waals surface area (Å²) in [6.45, 7) is 4.21. The van der Waals surface area contributed by atoms with Gasteiger partial charge in [-0.25, -0.2) is 4.79 Å². The van der Waals surface area contributed by atoms with E-state index in [-0.39, 0.29) is 17.7 Å². The van der Waals surface area contributed by atoms with Crippen LogP contribution in [-0.4, -0.2) is 29.7 Å². The molecule has 2 aromatic carbocycles. The van der Waals surface area contributed by atoms with Crippen LogP contribution in [0.3, 0.4) is 0 Å². The summed E-state index contributed by atoms with van der Waals surface area (Å²) >= 11 is 0. The molecule has 2 rings (SSSR count). The molecule has 162 valence electrons. The molecular weight excluding hydrogens is 408 g/mol. The van der Waals surface area contributed by atoms with Crippen LogP contribution in [0.1, 0.15) is 54.0 Å². The van der Waals surface area contributed by atoms with Gasteiger partial charge in [-0.05, 0) is 12.5 Å². The number of Topliss-reactive ketones (excluding diaryl/α,β-unsaturated/α-hetero) is 1. The van der Waals surface area contributed by atoms with Crippen molar-refractivity contribution in [2.45, 2.75) is 34.3 Å². The highest BCUT2D eigenvalue weighted by molar-refractivity contribution is 6.09. The van der Waals surface area contributed by atoms with Crippen LogP contribution in [0, 0.1) is 0 Å². The molecular formula is C22H20O9. The van der Waals surface area contributed by atoms with Crippen molar-refractivity contribution in [1.29, 1.82) is 0 Å². The molecule has 0 heterocycles. The van der Waals surface area contributed by atoms with Crippen molar-refractivity contribution in [2.24, 2.45) is 0 Å². The first-order valence-electron chi connectivity index (χ1n) is 9.08. The number of carbonyl (C=O) groups is 5. The fourth-order valence-corrected chi connectivity index (χ4v) is 2.64. The molecule has 0 aliphatic carbocycles. The first-order valence-corrected chi connectivity index (χ1v) is 9.08. The zero-order valence-electron chi connectivity index (χ0n) is 17.3. The van der Waals surface area contributed by atoms with E-state index in [1.165, 1.54) is 0 Å². The molecule has 0 bridgehead atoms. The van der Waals surface area contributed by atoms with E-state index < -0.39 is 46.9 Å². The molecule has 0 saturated carbocycles. The lowest BCUT2D eigenvalue weighted by Crippen LogP contribution is -2.18. The molecule has 2 aromatic rings. The molecule has 0 aliphatic rings. The molecule has 0 aromatic heterocycles. The molecule has 0 aliphatic heterocycles. The Balaban J connectivity index is 2.65. The third-order valence-corrected chi connectivity index (χ3v) is 3.73. The van der Waals surface area contributed by atoms with E-state index in [1.807, 2.05) is 0 Å². The van der Waals surface area contributed by atoms with Crippen molar-refractivity contribution in [3.63, 3.8) is 0 Å². The van der Waals surface area contributed by atoms with Gasteiger partial charge in [-0.1, -0.05) is 30.3 Å². The number of hydrogen-bond donors (Lipinski definition) is 0. The maximum absolute atomic E-state index is 12.8. The summed E-state index contributed by atoms with van der Waals surface area (Å²) in [6.07, 6.45) is 0. The summed E-state index contributed by atoms with van der Waals surface area (Å²) in [7, 11) is 0. The van der Waals surface area contributed by atoms with Crippen molar-refractivity contribution in [3.05, 3.63) is 53.1 Å². The normalized spacial score (nSPS) is 10.1. The average Bonchev–Trinajstić information content (AvgIpc) is 2.67. The van der Waals surface area contributed by atoms with Gasteiger partial charge in [0, 0.05) is 26.8 Å². The van der Waals surface area contributed by atoms with E-state index in [2.05, 4.69) is 0 Å². The number of carbonyl (C=O) groups excluding carboxylic acids is 5. The quantitative estimate of drug-likeness (QED) is 0.372. The second-order valence-corrected chi connectivity index (χ2v) is 6.35. The van der Waals surface area contributed by atoms with Gasteiger partial charge in [0.05, 0.1) is 11.1 Å². The van der Waals surface area contributed by atoms with Crippen LogP contribution in [0.25, 0.3) is 0 Å². The van der Waals surface area contributed by atoms with Crippen molar-refractivity contribution < 1.29 is 42.9 Å². The highest BCUT2D eigenvalue weighted by atomic mass is 16.6. The maximum Gasteiger partial charge on any atom is 0.339 e. The summed E-state index contributed by atoms with van der Waals surface area (Å²) in [5, 5.41) is 0. The highest BCUT2D eigenvalue weighted by Gasteiger charge is 2.31. The Labute approximate surface area is 177 Å². The number of esters is 4. The van der Waals surface area contributed by atoms with Crippen LogP contribution >= 0.6 is 0 Å². The van der Waals surface area contributed by atoms with E-state index in [0.717, 1.165) is 33.8 Å². The Kier molecular flexibility index (Phi) is 7.62. The lowest BCUT2D eigenvalue weighted by atomic mass is 10.0. The molecule has 0 fully saturated rings. The largest absolute Gasteiger partial charge is 0.457 e. The maximum atomic E-state index is 12.8. The number of rotatable bonds is 7. The standard InChI is InChI=1S/C22H20O9/c1-12(23)19-17(22(27)28-11-16-8-6-5-7-9-16)10-18(29-13(2)24)20(30-14(3)25)21(19)31-15(4)26/h5-10H,11H2,1-4H3. The molecule has 9 nitrogen and oxygen atoms in total. The average molecular weight is 428 g/mol. The van der Waals surface area contributed by atoms with Gasteiger partial charge in [-0.2, -0.15) is 0 Å². The van der Waals surface area contributed by atoms with Gasteiger partial charge < -0.3 is 18.9 Å². The molecule has 0 unspecified atom stereocenters. The topological polar surface area (TPSA) is 122 Å². The van der Waals surface area contributed by atoms with Crippen LogP contribution < -0.4 is 14.2 Å². The minimum absolute atomic E-state index is 0.103. The molecule has 9 heteroatoms. The predicted octanol–water partition coefficient (Wildman–Crippen LogP) is 3.02. The van der Waals surface area contributed by atoms with Crippen molar-refractivity contribution >= 4 is 29.7 Å². The summed E-state index contributed by atoms with van der Waals surface area (Å²) < 4.78 is 20.4. The predicted molar refractivity (Wildman–Crippen MR) is 106 cm³/mol. The van der Waals surface area contributed by atoms with Gasteiger partial charge in [0.1, 0.15) is 6.61 Å². The SMILES string of the molecule is CC(=O)Oc1cc(C(=O)OCc2ccccc2)c(C(C)=O)c(OC(C)=O)c1OC(C)=O. The molecule has 0 N–H and O–H groups in total. The fourth-order valence-electron chi connectivity index (χ4n) is 2.64. The lowest BCUT2D eigenvalue weighted by molar-refractivity contribution is -0.135. The van der Waals surface area contributed by atoms with E-state index in [4.69, 9.17) is 18.9 Å². The molecule has 0 atom stereocenters. The smallest absolute Gasteiger partial charge is 0.339 e. The highest BCUT2D eigenvalue weighted by Crippen LogP contribution is 2.43. The van der Waals surface area contributed by atoms with E-state index in [0.29, 0.717) is 5.56 Å². The van der Waals surface area contributed by atoms with E-state index >= 15 is 0 Å². The second kappa shape index (κ2) is 10.1. The fraction of sp³-hybridized carbons (Fsp3) is 0.227. The Morgan fingerprint density at radius 2 is 1.29 bits per heavy atom. The summed E-state index contributed by atoms with van der Waals surface area (Å²) in [5.41, 5.74) is 0.00410. The summed E-state index contributed by atoms with van der Waals surface area (Å²) in [6, 6.07) is 9.81. The Hall–Kier alpha value is -4.01. The zero-order valence-corrected chi connectivity index (χ0v) is 17.3. The van der Waals surface area contributed by atoms with Crippen LogP contribution in [0.15, 0.2) is 36.4 Å². The lowest BCUT2D eigenvalue weighted by Gasteiger charge is -2.18. The number of benzene rings is 2. The van der Waals surface area contributed by atoms with E-state index in [9.17, 15) is 24.0 Å². The first kappa shape index (κ1) is 23.3. The minimum atomic E-state index is -0.940. The van der Waals surface area contributed by atoms with Gasteiger partial charge in [0.25, 0.3) is 0 Å². The van der Waals surface area contributed by atoms with Crippen LogP contribution in [0.5, 0.6) is 17.2 Å². The first-order chi connectivity index (χ1) is 14.6. The molecule has 0 saturated heterocycles. The minimum Gasteiger partial charge on any atom is -0.457 e. The monoisotopic (exact) mass is 428 g/mol. The van der Waals surface area contributed by atoms with E-state index in [1.54, 1.807) is 30.3 Å². The van der Waals surface area contributed by atoms with Crippen molar-refractivity contribution in [3.8, 4) is 17.2 Å². The van der Waals surface area contributed by atoms with Gasteiger partial charge in [0.15, 0.2) is 17.3 Å². The number of hydrogen-bond acceptors (Lipinski definition) is 9. The summed E-state index contributed by atoms with van der Waals surface area (Å²) in [4.78, 5) is 59.9. The third-order valence-electron chi connectivity index (χ3n) is 3.73. The van der Waals surface area contributed by atoms with Gasteiger partial charge >= 0.3 is 23.9 Å². The van der Waals surface area contributed by atoms with Gasteiger partial charge in [-0.15, -0.1) is 0 Å². The summed E-state index contributed by atoms with van der Waals surface area (Å²) in [5.74, 6) is -5.52. The van der Waals surface area contributed by atoms with Crippen LogP contribution in [-0.2, 0) is 25.7 Å². The van der Waals surface area contributed by atoms with Crippen molar-refractivity contribution in [1.82, 2.24) is 0 Å². The number of ether oxygens (including phenoxy) is 4. The Morgan fingerprint density at radius 1 is 0.742 bits per heavy atom. The molecule has 0 spiro atoms. The second-order valence-electron chi connectivity index (χ2n) is 6.35. The molecule has 31 heavy (non-hydrogen) atoms. The van der Waals surface area contributed by atoms with Crippen LogP contribution in [0.2, 0.25) is 0 Å². The van der Waals surface area contributed by atoms with Crippen molar-refractivity contribution in [2.75, 3.05) is 0 Å². The Morgan fingerprint density at radius 3 is 1.81 bits per heavy atom. The molecule has 0 amide bonds. The van der Waals surface area contributed by atoms with Gasteiger partial charge in [-0.3, -0.25) is 19.2 Å². The van der Waals surface area contributed by atoms with Crippen LogP contribution in [0.4, 0.5) is 0 Å². The third kappa shape index (κ3) is 6.23. The van der Waals surface area contributed by atoms with Gasteiger partial charge in [0.2, 0.25) is 5.75 Å².